The number of hydrogen-bond acceptors (Lipinski definition) is 6. The molecule has 0 saturated carbocycles. The van der Waals surface area contributed by atoms with Crippen molar-refractivity contribution in [2.45, 2.75) is 45.3 Å². The van der Waals surface area contributed by atoms with Crippen LogP contribution in [0.1, 0.15) is 39.2 Å². The molecule has 1 aromatic rings. The van der Waals surface area contributed by atoms with Crippen molar-refractivity contribution in [3.8, 4) is 6.07 Å². The molecule has 1 aromatic carbocycles. The van der Waals surface area contributed by atoms with Gasteiger partial charge in [-0.3, -0.25) is 10.1 Å². The van der Waals surface area contributed by atoms with E-state index in [0.29, 0.717) is 37.2 Å². The van der Waals surface area contributed by atoms with Crippen molar-refractivity contribution in [3.05, 3.63) is 33.9 Å². The predicted molar refractivity (Wildman–Crippen MR) is 92.3 cm³/mol. The molecular weight excluding hydrogens is 324 g/mol. The maximum atomic E-state index is 12.1. The number of nitrogens with zero attached hydrogens (tertiary/aromatic N) is 3. The molecule has 1 saturated heterocycles. The zero-order valence-corrected chi connectivity index (χ0v) is 14.6. The molecule has 1 aliphatic rings. The highest BCUT2D eigenvalue weighted by Gasteiger charge is 2.27. The zero-order chi connectivity index (χ0) is 18.6. The molecule has 0 aromatic heterocycles. The van der Waals surface area contributed by atoms with E-state index in [0.717, 1.165) is 0 Å². The Morgan fingerprint density at radius 2 is 2.04 bits per heavy atom. The molecule has 0 unspecified atom stereocenters. The molecular formula is C17H22N4O4. The minimum atomic E-state index is -0.537. The van der Waals surface area contributed by atoms with Crippen LogP contribution in [-0.2, 0) is 4.74 Å². The lowest BCUT2D eigenvalue weighted by Crippen LogP contribution is -2.44. The Labute approximate surface area is 146 Å². The zero-order valence-electron chi connectivity index (χ0n) is 14.6. The predicted octanol–water partition coefficient (Wildman–Crippen LogP) is 3.28. The van der Waals surface area contributed by atoms with Gasteiger partial charge in [0.15, 0.2) is 0 Å². The quantitative estimate of drug-likeness (QED) is 0.664. The van der Waals surface area contributed by atoms with Gasteiger partial charge < -0.3 is 15.0 Å². The summed E-state index contributed by atoms with van der Waals surface area (Å²) < 4.78 is 5.35. The first-order chi connectivity index (χ1) is 11.7. The second kappa shape index (κ2) is 7.38. The second-order valence-electron chi connectivity index (χ2n) is 6.99. The summed E-state index contributed by atoms with van der Waals surface area (Å²) in [5.41, 5.74) is 0.0949. The molecule has 0 atom stereocenters. The Morgan fingerprint density at radius 3 is 2.56 bits per heavy atom. The van der Waals surface area contributed by atoms with Crippen LogP contribution in [0.15, 0.2) is 18.2 Å². The molecule has 0 radical (unpaired) electrons. The van der Waals surface area contributed by atoms with Crippen LogP contribution in [-0.4, -0.2) is 40.6 Å². The maximum absolute atomic E-state index is 12.1. The van der Waals surface area contributed by atoms with E-state index in [1.807, 2.05) is 26.8 Å². The summed E-state index contributed by atoms with van der Waals surface area (Å²) in [5.74, 6) is 0. The van der Waals surface area contributed by atoms with E-state index in [1.54, 1.807) is 4.90 Å². The molecule has 1 aliphatic heterocycles. The van der Waals surface area contributed by atoms with Gasteiger partial charge in [0.2, 0.25) is 0 Å². The molecule has 25 heavy (non-hydrogen) atoms. The van der Waals surface area contributed by atoms with Gasteiger partial charge >= 0.3 is 6.09 Å². The summed E-state index contributed by atoms with van der Waals surface area (Å²) in [7, 11) is 0. The SMILES string of the molecule is CC(C)(C)OC(=O)N1CCC(Nc2cc(C#N)ccc2[N+](=O)[O-])CC1. The molecule has 0 aliphatic carbocycles. The number of ether oxygens (including phenoxy) is 1. The molecule has 8 nitrogen and oxygen atoms in total. The van der Waals surface area contributed by atoms with Crippen molar-refractivity contribution in [2.24, 2.45) is 0 Å². The molecule has 1 fully saturated rings. The second-order valence-corrected chi connectivity index (χ2v) is 6.99. The number of carbonyl (C=O) groups excluding carboxylic acids is 1. The Hall–Kier alpha value is -2.82. The summed E-state index contributed by atoms with van der Waals surface area (Å²) in [6.07, 6.45) is 0.948. The molecule has 134 valence electrons. The number of nitro groups is 1. The van der Waals surface area contributed by atoms with E-state index in [-0.39, 0.29) is 17.8 Å². The molecule has 8 heteroatoms. The third-order valence-corrected chi connectivity index (χ3v) is 3.83. The fraction of sp³-hybridized carbons (Fsp3) is 0.529. The van der Waals surface area contributed by atoms with Gasteiger partial charge in [-0.2, -0.15) is 5.26 Å². The lowest BCUT2D eigenvalue weighted by Gasteiger charge is -2.34. The van der Waals surface area contributed by atoms with Gasteiger partial charge in [0, 0.05) is 25.2 Å². The van der Waals surface area contributed by atoms with Crippen LogP contribution in [0.5, 0.6) is 0 Å². The van der Waals surface area contributed by atoms with Crippen molar-refractivity contribution in [3.63, 3.8) is 0 Å². The van der Waals surface area contributed by atoms with E-state index in [2.05, 4.69) is 5.32 Å². The standard InChI is InChI=1S/C17H22N4O4/c1-17(2,3)25-16(22)20-8-6-13(7-9-20)19-14-10-12(11-18)4-5-15(14)21(23)24/h4-5,10,13,19H,6-9H2,1-3H3. The highest BCUT2D eigenvalue weighted by molar-refractivity contribution is 5.68. The average Bonchev–Trinajstić information content (AvgIpc) is 2.53. The normalized spacial score (nSPS) is 15.4. The minimum Gasteiger partial charge on any atom is -0.444 e. The van der Waals surface area contributed by atoms with E-state index >= 15 is 0 Å². The van der Waals surface area contributed by atoms with Gasteiger partial charge in [0.1, 0.15) is 11.3 Å². The molecule has 1 N–H and O–H groups in total. The van der Waals surface area contributed by atoms with E-state index in [1.165, 1.54) is 18.2 Å². The van der Waals surface area contributed by atoms with Crippen molar-refractivity contribution in [1.82, 2.24) is 4.90 Å². The monoisotopic (exact) mass is 346 g/mol. The van der Waals surface area contributed by atoms with Crippen LogP contribution in [0.25, 0.3) is 0 Å². The first-order valence-electron chi connectivity index (χ1n) is 8.12. The van der Waals surface area contributed by atoms with Gasteiger partial charge in [0.25, 0.3) is 5.69 Å². The van der Waals surface area contributed by atoms with Crippen LogP contribution in [0.2, 0.25) is 0 Å². The van der Waals surface area contributed by atoms with Gasteiger partial charge in [-0.05, 0) is 45.7 Å². The topological polar surface area (TPSA) is 108 Å². The summed E-state index contributed by atoms with van der Waals surface area (Å²) in [6.45, 7) is 6.48. The van der Waals surface area contributed by atoms with Gasteiger partial charge in [0.05, 0.1) is 16.6 Å². The molecule has 0 spiro atoms. The van der Waals surface area contributed by atoms with Crippen LogP contribution >= 0.6 is 0 Å². The van der Waals surface area contributed by atoms with Crippen LogP contribution < -0.4 is 5.32 Å². The smallest absolute Gasteiger partial charge is 0.410 e. The Kier molecular flexibility index (Phi) is 5.47. The van der Waals surface area contributed by atoms with Crippen molar-refractivity contribution < 1.29 is 14.5 Å². The number of amides is 1. The highest BCUT2D eigenvalue weighted by Crippen LogP contribution is 2.28. The Balaban J connectivity index is 2.00. The number of benzene rings is 1. The first-order valence-corrected chi connectivity index (χ1v) is 8.12. The summed E-state index contributed by atoms with van der Waals surface area (Å²) >= 11 is 0. The number of rotatable bonds is 3. The number of nitro benzene ring substituents is 1. The van der Waals surface area contributed by atoms with Crippen molar-refractivity contribution in [1.29, 1.82) is 5.26 Å². The number of likely N-dealkylation sites (tertiary alicyclic amines) is 1. The molecule has 2 rings (SSSR count). The largest absolute Gasteiger partial charge is 0.444 e. The maximum Gasteiger partial charge on any atom is 0.410 e. The van der Waals surface area contributed by atoms with Crippen molar-refractivity contribution >= 4 is 17.5 Å². The van der Waals surface area contributed by atoms with E-state index in [4.69, 9.17) is 10.00 Å². The van der Waals surface area contributed by atoms with Crippen LogP contribution in [0.4, 0.5) is 16.2 Å². The fourth-order valence-electron chi connectivity index (χ4n) is 2.63. The first kappa shape index (κ1) is 18.5. The summed E-state index contributed by atoms with van der Waals surface area (Å²) in [4.78, 5) is 24.4. The van der Waals surface area contributed by atoms with Crippen LogP contribution in [0.3, 0.4) is 0 Å². The van der Waals surface area contributed by atoms with Crippen molar-refractivity contribution in [2.75, 3.05) is 18.4 Å². The van der Waals surface area contributed by atoms with E-state index < -0.39 is 10.5 Å². The molecule has 1 heterocycles. The fourth-order valence-corrected chi connectivity index (χ4v) is 2.63. The van der Waals surface area contributed by atoms with Gasteiger partial charge in [-0.1, -0.05) is 0 Å². The molecule has 0 bridgehead atoms. The van der Waals surface area contributed by atoms with Gasteiger partial charge in [-0.15, -0.1) is 0 Å². The number of piperidine rings is 1. The Bertz CT molecular complexity index is 698. The lowest BCUT2D eigenvalue weighted by atomic mass is 10.0. The van der Waals surface area contributed by atoms with Crippen LogP contribution in [0, 0.1) is 21.4 Å². The minimum absolute atomic E-state index is 0.00803. The summed E-state index contributed by atoms with van der Waals surface area (Å²) in [5, 5.41) is 23.3. The summed E-state index contributed by atoms with van der Waals surface area (Å²) in [6, 6.07) is 6.21. The number of anilines is 1. The number of hydrogen-bond donors (Lipinski definition) is 1. The number of carbonyl (C=O) groups is 1. The molecule has 1 amide bonds. The lowest BCUT2D eigenvalue weighted by molar-refractivity contribution is -0.384. The number of nitrogens with one attached hydrogen (secondary N) is 1. The third-order valence-electron chi connectivity index (χ3n) is 3.83. The third kappa shape index (κ3) is 5.08. The van der Waals surface area contributed by atoms with E-state index in [9.17, 15) is 14.9 Å². The number of nitriles is 1. The average molecular weight is 346 g/mol. The Morgan fingerprint density at radius 1 is 1.40 bits per heavy atom. The highest BCUT2D eigenvalue weighted by atomic mass is 16.6. The van der Waals surface area contributed by atoms with Gasteiger partial charge in [-0.25, -0.2) is 4.79 Å².